The van der Waals surface area contributed by atoms with Crippen LogP contribution in [0.1, 0.15) is 48.0 Å². The first kappa shape index (κ1) is 17.3. The number of halogens is 3. The molecule has 126 valence electrons. The third kappa shape index (κ3) is 5.26. The minimum Gasteiger partial charge on any atom is -0.352 e. The summed E-state index contributed by atoms with van der Waals surface area (Å²) in [5.74, 6) is -1.02. The van der Waals surface area contributed by atoms with Gasteiger partial charge in [-0.3, -0.25) is 9.59 Å². The Hall–Kier alpha value is -2.05. The van der Waals surface area contributed by atoms with E-state index >= 15 is 0 Å². The smallest absolute Gasteiger partial charge is 0.352 e. The van der Waals surface area contributed by atoms with Crippen molar-refractivity contribution >= 4 is 11.8 Å². The number of carbonyl (C=O) groups is 2. The first-order valence-corrected chi connectivity index (χ1v) is 7.61. The van der Waals surface area contributed by atoms with Crippen molar-refractivity contribution in [3.8, 4) is 0 Å². The number of benzene rings is 1. The zero-order valence-corrected chi connectivity index (χ0v) is 12.6. The van der Waals surface area contributed by atoms with Gasteiger partial charge in [0.1, 0.15) is 0 Å². The Morgan fingerprint density at radius 3 is 2.48 bits per heavy atom. The number of amides is 2. The van der Waals surface area contributed by atoms with E-state index in [1.807, 2.05) is 0 Å². The molecule has 0 aromatic heterocycles. The molecule has 23 heavy (non-hydrogen) atoms. The van der Waals surface area contributed by atoms with Gasteiger partial charge in [-0.2, -0.15) is 13.2 Å². The number of rotatable bonds is 4. The van der Waals surface area contributed by atoms with E-state index in [1.165, 1.54) is 18.6 Å². The van der Waals surface area contributed by atoms with Crippen LogP contribution in [0.4, 0.5) is 13.2 Å². The Morgan fingerprint density at radius 1 is 1.13 bits per heavy atom. The summed E-state index contributed by atoms with van der Waals surface area (Å²) in [7, 11) is 0. The molecule has 1 fully saturated rings. The van der Waals surface area contributed by atoms with Gasteiger partial charge in [-0.05, 0) is 31.0 Å². The zero-order chi connectivity index (χ0) is 16.9. The number of hydrogen-bond donors (Lipinski definition) is 2. The predicted octanol–water partition coefficient (Wildman–Crippen LogP) is 2.88. The first-order chi connectivity index (χ1) is 10.9. The second kappa shape index (κ2) is 7.48. The van der Waals surface area contributed by atoms with Gasteiger partial charge in [-0.1, -0.05) is 25.3 Å². The van der Waals surface area contributed by atoms with Crippen LogP contribution in [-0.4, -0.2) is 24.4 Å². The lowest BCUT2D eigenvalue weighted by molar-refractivity contribution is -0.137. The van der Waals surface area contributed by atoms with Crippen LogP contribution < -0.4 is 10.6 Å². The zero-order valence-electron chi connectivity index (χ0n) is 12.6. The summed E-state index contributed by atoms with van der Waals surface area (Å²) >= 11 is 0. The Morgan fingerprint density at radius 2 is 1.83 bits per heavy atom. The van der Waals surface area contributed by atoms with Gasteiger partial charge in [0.2, 0.25) is 5.91 Å². The van der Waals surface area contributed by atoms with Crippen molar-refractivity contribution in [1.82, 2.24) is 10.6 Å². The number of alkyl halides is 3. The van der Waals surface area contributed by atoms with Gasteiger partial charge in [-0.15, -0.1) is 0 Å². The Labute approximate surface area is 132 Å². The molecule has 1 aliphatic carbocycles. The maximum atomic E-state index is 12.6. The van der Waals surface area contributed by atoms with Crippen molar-refractivity contribution in [2.45, 2.75) is 44.3 Å². The molecule has 0 bridgehead atoms. The fourth-order valence-electron chi connectivity index (χ4n) is 2.63. The second-order valence-corrected chi connectivity index (χ2v) is 5.66. The highest BCUT2D eigenvalue weighted by molar-refractivity contribution is 5.96. The standard InChI is InChI=1S/C16H19F3N2O2/c17-16(18,19)12-6-4-5-11(9-12)15(23)20-10-14(22)21-13-7-2-1-3-8-13/h4-6,9,13H,1-3,7-8,10H2,(H,20,23)(H,21,22). The molecule has 1 aromatic carbocycles. The van der Waals surface area contributed by atoms with E-state index in [9.17, 15) is 22.8 Å². The van der Waals surface area contributed by atoms with Crippen LogP contribution in [0.2, 0.25) is 0 Å². The van der Waals surface area contributed by atoms with Crippen molar-refractivity contribution in [3.05, 3.63) is 35.4 Å². The van der Waals surface area contributed by atoms with E-state index in [0.717, 1.165) is 37.8 Å². The molecule has 1 aromatic rings. The van der Waals surface area contributed by atoms with Crippen LogP contribution in [0.25, 0.3) is 0 Å². The summed E-state index contributed by atoms with van der Waals surface area (Å²) in [6, 6.07) is 4.24. The van der Waals surface area contributed by atoms with E-state index in [-0.39, 0.29) is 24.1 Å². The summed E-state index contributed by atoms with van der Waals surface area (Å²) in [6.07, 6.45) is 0.650. The summed E-state index contributed by atoms with van der Waals surface area (Å²) in [5, 5.41) is 5.18. The van der Waals surface area contributed by atoms with Crippen LogP contribution in [-0.2, 0) is 11.0 Å². The molecule has 2 amide bonds. The van der Waals surface area contributed by atoms with Crippen molar-refractivity contribution in [1.29, 1.82) is 0 Å². The monoisotopic (exact) mass is 328 g/mol. The molecular weight excluding hydrogens is 309 g/mol. The highest BCUT2D eigenvalue weighted by Crippen LogP contribution is 2.29. The van der Waals surface area contributed by atoms with E-state index < -0.39 is 17.6 Å². The van der Waals surface area contributed by atoms with E-state index in [2.05, 4.69) is 10.6 Å². The van der Waals surface area contributed by atoms with Crippen LogP contribution in [0.3, 0.4) is 0 Å². The molecule has 0 heterocycles. The van der Waals surface area contributed by atoms with Gasteiger partial charge in [-0.25, -0.2) is 0 Å². The lowest BCUT2D eigenvalue weighted by Crippen LogP contribution is -2.42. The SMILES string of the molecule is O=C(CNC(=O)c1cccc(C(F)(F)F)c1)NC1CCCCC1. The molecule has 0 spiro atoms. The van der Waals surface area contributed by atoms with Crippen molar-refractivity contribution < 1.29 is 22.8 Å². The normalized spacial score (nSPS) is 16.0. The number of hydrogen-bond acceptors (Lipinski definition) is 2. The average Bonchev–Trinajstić information content (AvgIpc) is 2.53. The highest BCUT2D eigenvalue weighted by Gasteiger charge is 2.30. The Bertz CT molecular complexity index is 567. The minimum absolute atomic E-state index is 0.120. The molecule has 1 aliphatic rings. The van der Waals surface area contributed by atoms with Gasteiger partial charge in [0.15, 0.2) is 0 Å². The van der Waals surface area contributed by atoms with Gasteiger partial charge in [0, 0.05) is 11.6 Å². The quantitative estimate of drug-likeness (QED) is 0.893. The number of carbonyl (C=O) groups excluding carboxylic acids is 2. The topological polar surface area (TPSA) is 58.2 Å². The molecule has 2 rings (SSSR count). The molecule has 2 N–H and O–H groups in total. The van der Waals surface area contributed by atoms with E-state index in [0.29, 0.717) is 0 Å². The van der Waals surface area contributed by atoms with Crippen LogP contribution in [0.5, 0.6) is 0 Å². The van der Waals surface area contributed by atoms with Gasteiger partial charge in [0.05, 0.1) is 12.1 Å². The molecule has 1 saturated carbocycles. The predicted molar refractivity (Wildman–Crippen MR) is 78.8 cm³/mol. The Kier molecular flexibility index (Phi) is 5.63. The van der Waals surface area contributed by atoms with E-state index in [4.69, 9.17) is 0 Å². The van der Waals surface area contributed by atoms with E-state index in [1.54, 1.807) is 0 Å². The van der Waals surface area contributed by atoms with Gasteiger partial charge >= 0.3 is 6.18 Å². The minimum atomic E-state index is -4.51. The molecule has 0 radical (unpaired) electrons. The molecule has 0 saturated heterocycles. The van der Waals surface area contributed by atoms with Crippen LogP contribution in [0.15, 0.2) is 24.3 Å². The fourth-order valence-corrected chi connectivity index (χ4v) is 2.63. The number of nitrogens with one attached hydrogen (secondary N) is 2. The van der Waals surface area contributed by atoms with Crippen LogP contribution in [0, 0.1) is 0 Å². The molecule has 0 aliphatic heterocycles. The average molecular weight is 328 g/mol. The summed E-state index contributed by atoms with van der Waals surface area (Å²) in [4.78, 5) is 23.6. The van der Waals surface area contributed by atoms with Crippen molar-refractivity contribution in [2.75, 3.05) is 6.54 Å². The highest BCUT2D eigenvalue weighted by atomic mass is 19.4. The second-order valence-electron chi connectivity index (χ2n) is 5.66. The summed E-state index contributed by atoms with van der Waals surface area (Å²) in [6.45, 7) is -0.244. The first-order valence-electron chi connectivity index (χ1n) is 7.61. The molecule has 7 heteroatoms. The Balaban J connectivity index is 1.85. The summed E-state index contributed by atoms with van der Waals surface area (Å²) < 4.78 is 37.8. The maximum Gasteiger partial charge on any atom is 0.416 e. The van der Waals surface area contributed by atoms with Gasteiger partial charge < -0.3 is 10.6 Å². The lowest BCUT2D eigenvalue weighted by atomic mass is 9.95. The maximum absolute atomic E-state index is 12.6. The molecule has 0 unspecified atom stereocenters. The fraction of sp³-hybridized carbons (Fsp3) is 0.500. The van der Waals surface area contributed by atoms with Crippen molar-refractivity contribution in [3.63, 3.8) is 0 Å². The van der Waals surface area contributed by atoms with Gasteiger partial charge in [0.25, 0.3) is 5.91 Å². The molecule has 4 nitrogen and oxygen atoms in total. The third-order valence-electron chi connectivity index (χ3n) is 3.83. The molecular formula is C16H19F3N2O2. The summed E-state index contributed by atoms with van der Waals surface area (Å²) in [5.41, 5.74) is -1.01. The lowest BCUT2D eigenvalue weighted by Gasteiger charge is -2.22. The third-order valence-corrected chi connectivity index (χ3v) is 3.83. The van der Waals surface area contributed by atoms with Crippen LogP contribution >= 0.6 is 0 Å². The van der Waals surface area contributed by atoms with Crippen molar-refractivity contribution in [2.24, 2.45) is 0 Å². The largest absolute Gasteiger partial charge is 0.416 e. The molecule has 0 atom stereocenters.